The summed E-state index contributed by atoms with van der Waals surface area (Å²) in [6.07, 6.45) is 1.71. The third-order valence-corrected chi connectivity index (χ3v) is 3.10. The fourth-order valence-electron chi connectivity index (χ4n) is 2.02. The van der Waals surface area contributed by atoms with E-state index in [-0.39, 0.29) is 11.2 Å². The number of hydrogen-bond acceptors (Lipinski definition) is 3. The van der Waals surface area contributed by atoms with Crippen molar-refractivity contribution < 1.29 is 9.13 Å². The van der Waals surface area contributed by atoms with E-state index >= 15 is 0 Å². The van der Waals surface area contributed by atoms with Crippen LogP contribution in [0.15, 0.2) is 18.2 Å². The maximum Gasteiger partial charge on any atom is 0.144 e. The summed E-state index contributed by atoms with van der Waals surface area (Å²) in [5.41, 5.74) is -0.322. The van der Waals surface area contributed by atoms with Gasteiger partial charge in [0, 0.05) is 0 Å². The average Bonchev–Trinajstić information content (AvgIpc) is 2.30. The van der Waals surface area contributed by atoms with Gasteiger partial charge in [0.05, 0.1) is 0 Å². The summed E-state index contributed by atoms with van der Waals surface area (Å²) in [6, 6.07) is 6.34. The minimum Gasteiger partial charge on any atom is -0.486 e. The van der Waals surface area contributed by atoms with Gasteiger partial charge in [0.15, 0.2) is 0 Å². The number of nitrogens with one attached hydrogen (secondary N) is 1. The number of piperidine rings is 1. The highest BCUT2D eigenvalue weighted by Crippen LogP contribution is 2.29. The molecule has 17 heavy (non-hydrogen) atoms. The van der Waals surface area contributed by atoms with Crippen LogP contribution in [0, 0.1) is 17.1 Å². The summed E-state index contributed by atoms with van der Waals surface area (Å²) in [4.78, 5) is 0. The van der Waals surface area contributed by atoms with Gasteiger partial charge in [-0.05, 0) is 45.0 Å². The number of ether oxygens (including phenoxy) is 1. The van der Waals surface area contributed by atoms with Crippen LogP contribution in [0.4, 0.5) is 4.39 Å². The van der Waals surface area contributed by atoms with Gasteiger partial charge in [-0.2, -0.15) is 5.26 Å². The van der Waals surface area contributed by atoms with E-state index in [9.17, 15) is 4.39 Å². The Bertz CT molecular complexity index is 447. The molecule has 0 bridgehead atoms. The Morgan fingerprint density at radius 3 is 2.76 bits per heavy atom. The molecule has 1 N–H and O–H groups in total. The Balaban J connectivity index is 2.24. The van der Waals surface area contributed by atoms with Gasteiger partial charge in [0.25, 0.3) is 0 Å². The van der Waals surface area contributed by atoms with Crippen LogP contribution in [-0.4, -0.2) is 18.7 Å². The Morgan fingerprint density at radius 2 is 2.12 bits per heavy atom. The first-order valence-electron chi connectivity index (χ1n) is 5.73. The van der Waals surface area contributed by atoms with Gasteiger partial charge in [-0.15, -0.1) is 0 Å². The first-order valence-corrected chi connectivity index (χ1v) is 5.73. The van der Waals surface area contributed by atoms with Crippen molar-refractivity contribution in [1.82, 2.24) is 5.32 Å². The number of benzene rings is 1. The molecule has 0 saturated carbocycles. The fourth-order valence-corrected chi connectivity index (χ4v) is 2.02. The van der Waals surface area contributed by atoms with Gasteiger partial charge >= 0.3 is 0 Å². The molecule has 90 valence electrons. The Labute approximate surface area is 100 Å². The Hall–Kier alpha value is -1.60. The molecule has 2 rings (SSSR count). The van der Waals surface area contributed by atoms with E-state index in [1.54, 1.807) is 12.1 Å². The largest absolute Gasteiger partial charge is 0.486 e. The van der Waals surface area contributed by atoms with E-state index in [1.165, 1.54) is 6.07 Å². The molecular formula is C13H15FN2O. The highest BCUT2D eigenvalue weighted by Gasteiger charge is 2.29. The van der Waals surface area contributed by atoms with Gasteiger partial charge < -0.3 is 10.1 Å². The molecule has 1 aliphatic heterocycles. The number of halogens is 1. The Morgan fingerprint density at radius 1 is 1.41 bits per heavy atom. The smallest absolute Gasteiger partial charge is 0.144 e. The van der Waals surface area contributed by atoms with Crippen molar-refractivity contribution in [2.24, 2.45) is 0 Å². The molecule has 0 spiro atoms. The lowest BCUT2D eigenvalue weighted by Gasteiger charge is -2.34. The van der Waals surface area contributed by atoms with E-state index in [4.69, 9.17) is 10.00 Å². The lowest BCUT2D eigenvalue weighted by molar-refractivity contribution is 0.0549. The molecule has 1 aromatic carbocycles. The molecule has 0 amide bonds. The standard InChI is InChI=1S/C13H15FN2O/c1-13(5-7-16-8-6-13)17-12-4-2-3-11(14)10(12)9-15/h2-4,16H,5-8H2,1H3. The highest BCUT2D eigenvalue weighted by molar-refractivity contribution is 5.44. The van der Waals surface area contributed by atoms with Gasteiger partial charge in [0.1, 0.15) is 28.8 Å². The van der Waals surface area contributed by atoms with Crippen molar-refractivity contribution in [1.29, 1.82) is 5.26 Å². The Kier molecular flexibility index (Phi) is 3.30. The maximum atomic E-state index is 13.4. The summed E-state index contributed by atoms with van der Waals surface area (Å²) < 4.78 is 19.3. The summed E-state index contributed by atoms with van der Waals surface area (Å²) in [7, 11) is 0. The minimum atomic E-state index is -0.525. The lowest BCUT2D eigenvalue weighted by atomic mass is 9.94. The second kappa shape index (κ2) is 4.72. The number of nitriles is 1. The van der Waals surface area contributed by atoms with Crippen molar-refractivity contribution in [3.05, 3.63) is 29.6 Å². The molecule has 0 aromatic heterocycles. The van der Waals surface area contributed by atoms with Crippen molar-refractivity contribution in [3.63, 3.8) is 0 Å². The molecular weight excluding hydrogens is 219 g/mol. The zero-order chi connectivity index (χ0) is 12.3. The molecule has 1 aromatic rings. The van der Waals surface area contributed by atoms with Crippen molar-refractivity contribution in [2.45, 2.75) is 25.4 Å². The van der Waals surface area contributed by atoms with Crippen LogP contribution in [0.1, 0.15) is 25.3 Å². The van der Waals surface area contributed by atoms with E-state index in [2.05, 4.69) is 5.32 Å². The maximum absolute atomic E-state index is 13.4. The van der Waals surface area contributed by atoms with E-state index in [1.807, 2.05) is 13.0 Å². The van der Waals surface area contributed by atoms with Gasteiger partial charge in [-0.1, -0.05) is 6.07 Å². The number of hydrogen-bond donors (Lipinski definition) is 1. The molecule has 1 aliphatic rings. The SMILES string of the molecule is CC1(Oc2cccc(F)c2C#N)CCNCC1. The zero-order valence-corrected chi connectivity index (χ0v) is 9.79. The normalized spacial score (nSPS) is 18.4. The predicted molar refractivity (Wildman–Crippen MR) is 62.3 cm³/mol. The minimum absolute atomic E-state index is 0.00717. The number of nitrogens with zero attached hydrogens (tertiary/aromatic N) is 1. The zero-order valence-electron chi connectivity index (χ0n) is 9.79. The van der Waals surface area contributed by atoms with E-state index in [0.29, 0.717) is 5.75 Å². The monoisotopic (exact) mass is 234 g/mol. The first kappa shape index (κ1) is 11.9. The number of rotatable bonds is 2. The molecule has 1 fully saturated rings. The summed E-state index contributed by atoms with van der Waals surface area (Å²) >= 11 is 0. The summed E-state index contributed by atoms with van der Waals surface area (Å²) in [5.74, 6) is -0.181. The third-order valence-electron chi connectivity index (χ3n) is 3.10. The lowest BCUT2D eigenvalue weighted by Crippen LogP contribution is -2.44. The van der Waals surface area contributed by atoms with Crippen LogP contribution in [0.3, 0.4) is 0 Å². The molecule has 1 heterocycles. The van der Waals surface area contributed by atoms with Crippen LogP contribution < -0.4 is 10.1 Å². The van der Waals surface area contributed by atoms with Crippen molar-refractivity contribution in [3.8, 4) is 11.8 Å². The molecule has 0 aliphatic carbocycles. The molecule has 0 atom stereocenters. The molecule has 1 saturated heterocycles. The molecule has 4 heteroatoms. The molecule has 0 unspecified atom stereocenters. The highest BCUT2D eigenvalue weighted by atomic mass is 19.1. The fraction of sp³-hybridized carbons (Fsp3) is 0.462. The van der Waals surface area contributed by atoms with Gasteiger partial charge in [0.2, 0.25) is 0 Å². The summed E-state index contributed by atoms with van der Waals surface area (Å²) in [5, 5.41) is 12.2. The molecule has 0 radical (unpaired) electrons. The first-order chi connectivity index (χ1) is 8.14. The van der Waals surface area contributed by atoms with Gasteiger partial charge in [-0.25, -0.2) is 4.39 Å². The van der Waals surface area contributed by atoms with Crippen LogP contribution in [0.2, 0.25) is 0 Å². The van der Waals surface area contributed by atoms with E-state index < -0.39 is 5.82 Å². The third kappa shape index (κ3) is 2.56. The van der Waals surface area contributed by atoms with Crippen molar-refractivity contribution in [2.75, 3.05) is 13.1 Å². The molecule has 3 nitrogen and oxygen atoms in total. The predicted octanol–water partition coefficient (Wildman–Crippen LogP) is 2.22. The van der Waals surface area contributed by atoms with E-state index in [0.717, 1.165) is 25.9 Å². The second-order valence-corrected chi connectivity index (χ2v) is 4.53. The van der Waals surface area contributed by atoms with Crippen LogP contribution in [-0.2, 0) is 0 Å². The topological polar surface area (TPSA) is 45.0 Å². The van der Waals surface area contributed by atoms with Gasteiger partial charge in [-0.3, -0.25) is 0 Å². The van der Waals surface area contributed by atoms with Crippen LogP contribution in [0.5, 0.6) is 5.75 Å². The average molecular weight is 234 g/mol. The summed E-state index contributed by atoms with van der Waals surface area (Å²) in [6.45, 7) is 3.77. The van der Waals surface area contributed by atoms with Crippen LogP contribution >= 0.6 is 0 Å². The quantitative estimate of drug-likeness (QED) is 0.853. The second-order valence-electron chi connectivity index (χ2n) is 4.53. The van der Waals surface area contributed by atoms with Crippen molar-refractivity contribution >= 4 is 0 Å². The van der Waals surface area contributed by atoms with Crippen LogP contribution in [0.25, 0.3) is 0 Å².